The highest BCUT2D eigenvalue weighted by Gasteiger charge is 2.21. The Hall–Kier alpha value is -0.370. The summed E-state index contributed by atoms with van der Waals surface area (Å²) in [6.07, 6.45) is 6.25. The van der Waals surface area contributed by atoms with Gasteiger partial charge in [-0.2, -0.15) is 0 Å². The van der Waals surface area contributed by atoms with Gasteiger partial charge >= 0.3 is 0 Å². The Kier molecular flexibility index (Phi) is 4.43. The van der Waals surface area contributed by atoms with Gasteiger partial charge < -0.3 is 4.74 Å². The molecule has 0 aromatic carbocycles. The number of carbonyl (C=O) groups excluding carboxylic acids is 1. The van der Waals surface area contributed by atoms with E-state index < -0.39 is 0 Å². The zero-order chi connectivity index (χ0) is 9.68. The predicted molar refractivity (Wildman–Crippen MR) is 52.7 cm³/mol. The number of carbonyl (C=O) groups is 1. The van der Waals surface area contributed by atoms with E-state index in [1.165, 1.54) is 0 Å². The molecule has 0 amide bonds. The van der Waals surface area contributed by atoms with Crippen molar-refractivity contribution in [2.24, 2.45) is 0 Å². The lowest BCUT2D eigenvalue weighted by atomic mass is 9.96. The van der Waals surface area contributed by atoms with Crippen LogP contribution in [0.2, 0.25) is 0 Å². The molecule has 0 aromatic heterocycles. The molecule has 13 heavy (non-hydrogen) atoms. The van der Waals surface area contributed by atoms with Crippen LogP contribution < -0.4 is 0 Å². The SMILES string of the molecule is CCC(CC)OC1CCC(=O)CC1. The Labute approximate surface area is 80.7 Å². The van der Waals surface area contributed by atoms with Gasteiger partial charge in [0, 0.05) is 12.8 Å². The average Bonchev–Trinajstić information content (AvgIpc) is 2.17. The van der Waals surface area contributed by atoms with Gasteiger partial charge in [0.2, 0.25) is 0 Å². The first-order chi connectivity index (χ1) is 6.26. The van der Waals surface area contributed by atoms with E-state index in [0.717, 1.165) is 38.5 Å². The Balaban J connectivity index is 2.24. The van der Waals surface area contributed by atoms with Crippen molar-refractivity contribution in [2.45, 2.75) is 64.6 Å². The zero-order valence-electron chi connectivity index (χ0n) is 8.71. The van der Waals surface area contributed by atoms with Crippen molar-refractivity contribution < 1.29 is 9.53 Å². The number of Topliss-reactive ketones (excluding diaryl/α,β-unsaturated/α-hetero) is 1. The lowest BCUT2D eigenvalue weighted by Gasteiger charge is -2.25. The summed E-state index contributed by atoms with van der Waals surface area (Å²) >= 11 is 0. The maximum Gasteiger partial charge on any atom is 0.133 e. The molecule has 1 aliphatic carbocycles. The molecule has 0 atom stereocenters. The normalized spacial score (nSPS) is 19.8. The van der Waals surface area contributed by atoms with Crippen LogP contribution in [0.15, 0.2) is 0 Å². The van der Waals surface area contributed by atoms with Crippen molar-refractivity contribution in [3.63, 3.8) is 0 Å². The molecule has 0 aliphatic heterocycles. The van der Waals surface area contributed by atoms with Crippen LogP contribution in [0, 0.1) is 0 Å². The van der Waals surface area contributed by atoms with Crippen LogP contribution in [0.1, 0.15) is 52.4 Å². The quantitative estimate of drug-likeness (QED) is 0.671. The molecule has 1 fully saturated rings. The fourth-order valence-electron chi connectivity index (χ4n) is 1.80. The maximum atomic E-state index is 11.0. The third-order valence-electron chi connectivity index (χ3n) is 2.79. The molecule has 0 heterocycles. The smallest absolute Gasteiger partial charge is 0.133 e. The van der Waals surface area contributed by atoms with Crippen LogP contribution >= 0.6 is 0 Å². The van der Waals surface area contributed by atoms with Crippen LogP contribution in [-0.4, -0.2) is 18.0 Å². The molecule has 1 saturated carbocycles. The van der Waals surface area contributed by atoms with Crippen molar-refractivity contribution in [2.75, 3.05) is 0 Å². The number of hydrogen-bond donors (Lipinski definition) is 0. The van der Waals surface area contributed by atoms with E-state index in [1.807, 2.05) is 0 Å². The van der Waals surface area contributed by atoms with Gasteiger partial charge in [-0.15, -0.1) is 0 Å². The van der Waals surface area contributed by atoms with E-state index in [1.54, 1.807) is 0 Å². The summed E-state index contributed by atoms with van der Waals surface area (Å²) in [4.78, 5) is 11.0. The third-order valence-corrected chi connectivity index (χ3v) is 2.79. The van der Waals surface area contributed by atoms with Crippen molar-refractivity contribution >= 4 is 5.78 Å². The molecule has 0 bridgehead atoms. The lowest BCUT2D eigenvalue weighted by molar-refractivity contribution is -0.124. The minimum atomic E-state index is 0.350. The molecule has 1 rings (SSSR count). The average molecular weight is 184 g/mol. The number of ketones is 1. The van der Waals surface area contributed by atoms with E-state index in [4.69, 9.17) is 4.74 Å². The molecular weight excluding hydrogens is 164 g/mol. The van der Waals surface area contributed by atoms with Gasteiger partial charge in [-0.25, -0.2) is 0 Å². The molecular formula is C11H20O2. The topological polar surface area (TPSA) is 26.3 Å². The zero-order valence-corrected chi connectivity index (χ0v) is 8.71. The Bertz CT molecular complexity index is 151. The van der Waals surface area contributed by atoms with Gasteiger partial charge in [0.05, 0.1) is 12.2 Å². The maximum absolute atomic E-state index is 11.0. The van der Waals surface area contributed by atoms with Gasteiger partial charge in [-0.05, 0) is 25.7 Å². The third kappa shape index (κ3) is 3.47. The largest absolute Gasteiger partial charge is 0.375 e. The summed E-state index contributed by atoms with van der Waals surface area (Å²) in [5.74, 6) is 0.407. The summed E-state index contributed by atoms with van der Waals surface area (Å²) in [6, 6.07) is 0. The minimum Gasteiger partial charge on any atom is -0.375 e. The lowest BCUT2D eigenvalue weighted by Crippen LogP contribution is -2.26. The standard InChI is InChI=1S/C11H20O2/c1-3-10(4-2)13-11-7-5-9(12)6-8-11/h10-11H,3-8H2,1-2H3. The molecule has 0 N–H and O–H groups in total. The van der Waals surface area contributed by atoms with E-state index in [0.29, 0.717) is 18.0 Å². The van der Waals surface area contributed by atoms with Gasteiger partial charge in [-0.1, -0.05) is 13.8 Å². The minimum absolute atomic E-state index is 0.350. The number of rotatable bonds is 4. The number of hydrogen-bond acceptors (Lipinski definition) is 2. The van der Waals surface area contributed by atoms with Crippen molar-refractivity contribution in [1.29, 1.82) is 0 Å². The monoisotopic (exact) mass is 184 g/mol. The molecule has 0 unspecified atom stereocenters. The van der Waals surface area contributed by atoms with Crippen LogP contribution in [-0.2, 0) is 9.53 Å². The van der Waals surface area contributed by atoms with E-state index in [-0.39, 0.29) is 0 Å². The highest BCUT2D eigenvalue weighted by molar-refractivity contribution is 5.79. The second-order valence-corrected chi connectivity index (χ2v) is 3.81. The van der Waals surface area contributed by atoms with Crippen molar-refractivity contribution in [1.82, 2.24) is 0 Å². The molecule has 1 aliphatic rings. The summed E-state index contributed by atoms with van der Waals surface area (Å²) in [5.41, 5.74) is 0. The van der Waals surface area contributed by atoms with E-state index in [2.05, 4.69) is 13.8 Å². The van der Waals surface area contributed by atoms with Crippen molar-refractivity contribution in [3.05, 3.63) is 0 Å². The molecule has 0 aromatic rings. The summed E-state index contributed by atoms with van der Waals surface area (Å²) in [7, 11) is 0. The fourth-order valence-corrected chi connectivity index (χ4v) is 1.80. The molecule has 0 saturated heterocycles. The molecule has 0 spiro atoms. The van der Waals surface area contributed by atoms with Gasteiger partial charge in [-0.3, -0.25) is 4.79 Å². The number of ether oxygens (including phenoxy) is 1. The summed E-state index contributed by atoms with van der Waals surface area (Å²) < 4.78 is 5.89. The van der Waals surface area contributed by atoms with Gasteiger partial charge in [0.1, 0.15) is 5.78 Å². The van der Waals surface area contributed by atoms with Crippen LogP contribution in [0.3, 0.4) is 0 Å². The second kappa shape index (κ2) is 5.38. The van der Waals surface area contributed by atoms with E-state index >= 15 is 0 Å². The highest BCUT2D eigenvalue weighted by atomic mass is 16.5. The predicted octanol–water partition coefficient (Wildman–Crippen LogP) is 2.70. The Morgan fingerprint density at radius 2 is 1.85 bits per heavy atom. The second-order valence-electron chi connectivity index (χ2n) is 3.81. The van der Waals surface area contributed by atoms with Crippen LogP contribution in [0.4, 0.5) is 0 Å². The first kappa shape index (κ1) is 10.7. The highest BCUT2D eigenvalue weighted by Crippen LogP contribution is 2.20. The van der Waals surface area contributed by atoms with Crippen LogP contribution in [0.5, 0.6) is 0 Å². The molecule has 2 heteroatoms. The molecule has 76 valence electrons. The Morgan fingerprint density at radius 1 is 1.31 bits per heavy atom. The van der Waals surface area contributed by atoms with Crippen LogP contribution in [0.25, 0.3) is 0 Å². The fraction of sp³-hybridized carbons (Fsp3) is 0.909. The Morgan fingerprint density at radius 3 is 2.31 bits per heavy atom. The van der Waals surface area contributed by atoms with Crippen molar-refractivity contribution in [3.8, 4) is 0 Å². The van der Waals surface area contributed by atoms with Gasteiger partial charge in [0.15, 0.2) is 0 Å². The summed E-state index contributed by atoms with van der Waals surface area (Å²) in [6.45, 7) is 4.31. The molecule has 0 radical (unpaired) electrons. The first-order valence-electron chi connectivity index (χ1n) is 5.43. The van der Waals surface area contributed by atoms with E-state index in [9.17, 15) is 4.79 Å². The summed E-state index contributed by atoms with van der Waals surface area (Å²) in [5, 5.41) is 0. The molecule has 2 nitrogen and oxygen atoms in total. The van der Waals surface area contributed by atoms with Gasteiger partial charge in [0.25, 0.3) is 0 Å². The first-order valence-corrected chi connectivity index (χ1v) is 5.43.